The second-order valence-electron chi connectivity index (χ2n) is 5.33. The van der Waals surface area contributed by atoms with E-state index in [1.165, 1.54) is 22.7 Å². The van der Waals surface area contributed by atoms with Crippen molar-refractivity contribution in [2.45, 2.75) is 18.2 Å². The van der Waals surface area contributed by atoms with Gasteiger partial charge in [-0.3, -0.25) is 0 Å². The van der Waals surface area contributed by atoms with Gasteiger partial charge in [0.2, 0.25) is 10.0 Å². The fourth-order valence-corrected chi connectivity index (χ4v) is 3.85. The lowest BCUT2D eigenvalue weighted by Crippen LogP contribution is -2.40. The lowest BCUT2D eigenvalue weighted by molar-refractivity contribution is 0.180. The van der Waals surface area contributed by atoms with Crippen LogP contribution in [-0.4, -0.2) is 38.7 Å². The van der Waals surface area contributed by atoms with Crippen molar-refractivity contribution in [2.24, 2.45) is 5.92 Å². The first-order chi connectivity index (χ1) is 9.90. The van der Waals surface area contributed by atoms with Gasteiger partial charge in [0.1, 0.15) is 11.6 Å². The highest BCUT2D eigenvalue weighted by Crippen LogP contribution is 2.25. The standard InChI is InChI=1S/C14H19BrFNO3S/c1-21(18,19)17-6-2-3-11(9-17)10-20-14-5-4-13(16)7-12(14)8-15/h4-5,7,11H,2-3,6,8-10H2,1H3. The van der Waals surface area contributed by atoms with Crippen LogP contribution in [0.15, 0.2) is 18.2 Å². The summed E-state index contributed by atoms with van der Waals surface area (Å²) in [5, 5.41) is 0.514. The fourth-order valence-electron chi connectivity index (χ4n) is 2.47. The molecule has 2 rings (SSSR count). The highest BCUT2D eigenvalue weighted by Gasteiger charge is 2.26. The summed E-state index contributed by atoms with van der Waals surface area (Å²) in [4.78, 5) is 0. The van der Waals surface area contributed by atoms with Crippen molar-refractivity contribution >= 4 is 26.0 Å². The Bertz CT molecular complexity index is 594. The molecule has 0 saturated carbocycles. The second-order valence-corrected chi connectivity index (χ2v) is 7.87. The van der Waals surface area contributed by atoms with Gasteiger partial charge in [0, 0.05) is 29.9 Å². The van der Waals surface area contributed by atoms with Gasteiger partial charge < -0.3 is 4.74 Å². The van der Waals surface area contributed by atoms with Crippen molar-refractivity contribution in [1.82, 2.24) is 4.31 Å². The molecule has 4 nitrogen and oxygen atoms in total. The molecule has 1 saturated heterocycles. The quantitative estimate of drug-likeness (QED) is 0.738. The molecule has 1 aliphatic rings. The lowest BCUT2D eigenvalue weighted by Gasteiger charge is -2.30. The third kappa shape index (κ3) is 4.66. The van der Waals surface area contributed by atoms with Gasteiger partial charge in [0.05, 0.1) is 12.9 Å². The van der Waals surface area contributed by atoms with Crippen LogP contribution >= 0.6 is 15.9 Å². The number of hydrogen-bond donors (Lipinski definition) is 0. The molecule has 1 fully saturated rings. The van der Waals surface area contributed by atoms with Crippen molar-refractivity contribution in [2.75, 3.05) is 26.0 Å². The van der Waals surface area contributed by atoms with Crippen LogP contribution in [0.4, 0.5) is 4.39 Å². The number of halogens is 2. The summed E-state index contributed by atoms with van der Waals surface area (Å²) in [5.74, 6) is 0.518. The van der Waals surface area contributed by atoms with E-state index < -0.39 is 10.0 Å². The van der Waals surface area contributed by atoms with E-state index in [9.17, 15) is 12.8 Å². The van der Waals surface area contributed by atoms with Gasteiger partial charge in [-0.05, 0) is 31.0 Å². The van der Waals surface area contributed by atoms with Gasteiger partial charge in [-0.2, -0.15) is 0 Å². The minimum absolute atomic E-state index is 0.168. The molecule has 1 atom stereocenters. The molecule has 1 unspecified atom stereocenters. The predicted molar refractivity (Wildman–Crippen MR) is 83.7 cm³/mol. The number of sulfonamides is 1. The van der Waals surface area contributed by atoms with E-state index in [1.807, 2.05) is 0 Å². The number of ether oxygens (including phenoxy) is 1. The molecule has 7 heteroatoms. The summed E-state index contributed by atoms with van der Waals surface area (Å²) < 4.78 is 43.6. The van der Waals surface area contributed by atoms with Crippen LogP contribution < -0.4 is 4.74 Å². The van der Waals surface area contributed by atoms with Crippen molar-refractivity contribution in [3.63, 3.8) is 0 Å². The summed E-state index contributed by atoms with van der Waals surface area (Å²) in [6.45, 7) is 1.51. The maximum atomic E-state index is 13.2. The fraction of sp³-hybridized carbons (Fsp3) is 0.571. The Balaban J connectivity index is 1.97. The molecule has 0 bridgehead atoms. The lowest BCUT2D eigenvalue weighted by atomic mass is 10.0. The van der Waals surface area contributed by atoms with Gasteiger partial charge in [-0.15, -0.1) is 0 Å². The van der Waals surface area contributed by atoms with Crippen LogP contribution in [0, 0.1) is 11.7 Å². The van der Waals surface area contributed by atoms with Crippen LogP contribution in [-0.2, 0) is 15.4 Å². The molecule has 1 aromatic rings. The molecule has 0 amide bonds. The Hall–Kier alpha value is -0.660. The first-order valence-corrected chi connectivity index (χ1v) is 9.79. The van der Waals surface area contributed by atoms with E-state index in [2.05, 4.69) is 15.9 Å². The molecular weight excluding hydrogens is 361 g/mol. The molecule has 118 valence electrons. The highest BCUT2D eigenvalue weighted by molar-refractivity contribution is 9.08. The molecular formula is C14H19BrFNO3S. The average molecular weight is 380 g/mol. The first-order valence-electron chi connectivity index (χ1n) is 6.82. The van der Waals surface area contributed by atoms with Gasteiger partial charge in [-0.25, -0.2) is 17.1 Å². The number of hydrogen-bond acceptors (Lipinski definition) is 3. The Labute approximate surface area is 133 Å². The van der Waals surface area contributed by atoms with Crippen LogP contribution in [0.25, 0.3) is 0 Å². The predicted octanol–water partition coefficient (Wildman–Crippen LogP) is 2.77. The molecule has 0 aromatic heterocycles. The summed E-state index contributed by atoms with van der Waals surface area (Å²) in [5.41, 5.74) is 0.755. The van der Waals surface area contributed by atoms with Gasteiger partial charge in [0.25, 0.3) is 0 Å². The van der Waals surface area contributed by atoms with Crippen molar-refractivity contribution in [3.8, 4) is 5.75 Å². The van der Waals surface area contributed by atoms with E-state index in [0.29, 0.717) is 30.8 Å². The van der Waals surface area contributed by atoms with Crippen molar-refractivity contribution in [3.05, 3.63) is 29.6 Å². The molecule has 1 aliphatic heterocycles. The van der Waals surface area contributed by atoms with Gasteiger partial charge >= 0.3 is 0 Å². The molecule has 21 heavy (non-hydrogen) atoms. The molecule has 0 spiro atoms. The Morgan fingerprint density at radius 2 is 2.24 bits per heavy atom. The van der Waals surface area contributed by atoms with Crippen LogP contribution in [0.5, 0.6) is 5.75 Å². The number of rotatable bonds is 5. The monoisotopic (exact) mass is 379 g/mol. The minimum atomic E-state index is -3.14. The summed E-state index contributed by atoms with van der Waals surface area (Å²) in [6, 6.07) is 4.42. The van der Waals surface area contributed by atoms with E-state index in [-0.39, 0.29) is 11.7 Å². The van der Waals surface area contributed by atoms with E-state index in [1.54, 1.807) is 6.07 Å². The maximum absolute atomic E-state index is 13.2. The topological polar surface area (TPSA) is 46.6 Å². The van der Waals surface area contributed by atoms with Gasteiger partial charge in [-0.1, -0.05) is 15.9 Å². The van der Waals surface area contributed by atoms with Crippen molar-refractivity contribution < 1.29 is 17.5 Å². The normalized spacial score (nSPS) is 20.4. The van der Waals surface area contributed by atoms with Crippen LogP contribution in [0.3, 0.4) is 0 Å². The number of nitrogens with zero attached hydrogens (tertiary/aromatic N) is 1. The van der Waals surface area contributed by atoms with Crippen molar-refractivity contribution in [1.29, 1.82) is 0 Å². The zero-order valence-corrected chi connectivity index (χ0v) is 14.3. The van der Waals surface area contributed by atoms with Crippen LogP contribution in [0.2, 0.25) is 0 Å². The second kappa shape index (κ2) is 7.07. The Morgan fingerprint density at radius 1 is 1.48 bits per heavy atom. The highest BCUT2D eigenvalue weighted by atomic mass is 79.9. The molecule has 1 heterocycles. The summed E-state index contributed by atoms with van der Waals surface area (Å²) in [6.07, 6.45) is 3.02. The average Bonchev–Trinajstić information content (AvgIpc) is 2.45. The van der Waals surface area contributed by atoms with Crippen LogP contribution in [0.1, 0.15) is 18.4 Å². The third-order valence-corrected chi connectivity index (χ3v) is 5.47. The minimum Gasteiger partial charge on any atom is -0.493 e. The zero-order chi connectivity index (χ0) is 15.5. The van der Waals surface area contributed by atoms with E-state index in [0.717, 1.165) is 18.4 Å². The first kappa shape index (κ1) is 16.7. The summed E-state index contributed by atoms with van der Waals surface area (Å²) in [7, 11) is -3.14. The number of piperidine rings is 1. The Kier molecular flexibility index (Phi) is 5.62. The molecule has 0 aliphatic carbocycles. The zero-order valence-electron chi connectivity index (χ0n) is 11.9. The molecule has 0 N–H and O–H groups in total. The van der Waals surface area contributed by atoms with E-state index >= 15 is 0 Å². The Morgan fingerprint density at radius 3 is 2.90 bits per heavy atom. The SMILES string of the molecule is CS(=O)(=O)N1CCCC(COc2ccc(F)cc2CBr)C1. The van der Waals surface area contributed by atoms with Gasteiger partial charge in [0.15, 0.2) is 0 Å². The molecule has 1 aromatic carbocycles. The molecule has 0 radical (unpaired) electrons. The number of alkyl halides is 1. The maximum Gasteiger partial charge on any atom is 0.211 e. The van der Waals surface area contributed by atoms with E-state index in [4.69, 9.17) is 4.74 Å². The smallest absolute Gasteiger partial charge is 0.211 e. The summed E-state index contributed by atoms with van der Waals surface area (Å²) >= 11 is 3.31. The number of benzene rings is 1. The largest absolute Gasteiger partial charge is 0.493 e. The third-order valence-electron chi connectivity index (χ3n) is 3.59.